The first-order chi connectivity index (χ1) is 23.7. The normalized spacial score (nSPS) is 34.0. The number of aromatic amines is 1. The Morgan fingerprint density at radius 2 is 1.84 bits per heavy atom. The highest BCUT2D eigenvalue weighted by molar-refractivity contribution is 5.81. The third kappa shape index (κ3) is 6.79. The highest BCUT2D eigenvalue weighted by Gasteiger charge is 2.63. The van der Waals surface area contributed by atoms with Crippen LogP contribution < -0.4 is 10.6 Å². The lowest BCUT2D eigenvalue weighted by molar-refractivity contribution is -0.106. The molecule has 2 saturated carbocycles. The summed E-state index contributed by atoms with van der Waals surface area (Å²) in [5, 5.41) is 54.0. The first-order valence-corrected chi connectivity index (χ1v) is 18.3. The Balaban J connectivity index is 1.23. The van der Waals surface area contributed by atoms with Crippen molar-refractivity contribution in [1.82, 2.24) is 15.6 Å². The summed E-state index contributed by atoms with van der Waals surface area (Å²) in [4.78, 5) is 8.39. The molecule has 260 valence electrons. The monoisotopic (exact) mass is 664 g/mol. The maximum atomic E-state index is 12.7. The highest BCUT2D eigenvalue weighted by atomic mass is 16.3. The molecule has 0 aliphatic heterocycles. The number of aliphatic imine (C=N–C) groups is 1. The Morgan fingerprint density at radius 1 is 1.02 bits per heavy atom. The number of guanidine groups is 1. The number of hydrogen-bond donors (Lipinski definition) is 7. The molecule has 0 saturated heterocycles. The second-order valence-corrected chi connectivity index (χ2v) is 15.3. The van der Waals surface area contributed by atoms with Gasteiger partial charge in [0.05, 0.1) is 23.3 Å². The molecule has 1 heterocycles. The molecule has 0 unspecified atom stereocenters. The maximum absolute atomic E-state index is 12.7. The number of fused-ring (bicyclic) bond motifs is 1. The number of para-hydroxylation sites is 1. The van der Waals surface area contributed by atoms with Crippen LogP contribution in [0.4, 0.5) is 0 Å². The fourth-order valence-electron chi connectivity index (χ4n) is 9.50. The summed E-state index contributed by atoms with van der Waals surface area (Å²) in [7, 11) is 0. The van der Waals surface area contributed by atoms with Crippen molar-refractivity contribution in [2.75, 3.05) is 19.7 Å². The lowest BCUT2D eigenvalue weighted by Gasteiger charge is -2.46. The highest BCUT2D eigenvalue weighted by Crippen LogP contribution is 2.62. The summed E-state index contributed by atoms with van der Waals surface area (Å²) in [5.41, 5.74) is 2.06. The Bertz CT molecular complexity index is 1700. The standard InChI is InChI=1S/C41H52N4O4/c1-39(48)18-19-40-27-35-34(39)25-37(47)41(35,49)26-32(45-38(42-20-8-22-46)43-21-17-28-9-3-2-4-10-28)16-15-30(40)12-7-13-31(40)24-33-23-29-11-5-6-14-36(29)44-33/h2-6,9-11,13-14,23,30,32,34-35,37,44,46-49H,7-8,12,17-22,24-27H2,1H3,(H2,42,43,45)/t30-,32+,34-,35-,37-,39+,40-,41+/m0/s1. The van der Waals surface area contributed by atoms with Crippen LogP contribution in [0.3, 0.4) is 0 Å². The number of aliphatic hydroxyl groups excluding tert-OH is 2. The molecule has 1 spiro atoms. The molecule has 8 atom stereocenters. The fraction of sp³-hybridized carbons (Fsp3) is 0.537. The van der Waals surface area contributed by atoms with Gasteiger partial charge in [-0.05, 0) is 93.2 Å². The zero-order valence-electron chi connectivity index (χ0n) is 28.7. The van der Waals surface area contributed by atoms with E-state index in [9.17, 15) is 20.4 Å². The predicted molar refractivity (Wildman–Crippen MR) is 194 cm³/mol. The Kier molecular flexibility index (Phi) is 9.64. The van der Waals surface area contributed by atoms with E-state index in [1.54, 1.807) is 0 Å². The third-order valence-electron chi connectivity index (χ3n) is 12.2. The van der Waals surface area contributed by atoms with Crippen molar-refractivity contribution in [3.05, 3.63) is 83.6 Å². The van der Waals surface area contributed by atoms with E-state index in [0.717, 1.165) is 43.3 Å². The number of rotatable bonds is 9. The van der Waals surface area contributed by atoms with E-state index in [2.05, 4.69) is 76.0 Å². The number of benzene rings is 2. The molecule has 8 nitrogen and oxygen atoms in total. The van der Waals surface area contributed by atoms with Crippen molar-refractivity contribution in [3.8, 4) is 11.8 Å². The topological polar surface area (TPSA) is 133 Å². The van der Waals surface area contributed by atoms with E-state index in [-0.39, 0.29) is 36.2 Å². The van der Waals surface area contributed by atoms with E-state index in [1.165, 1.54) is 16.5 Å². The molecular formula is C41H52N4O4. The first kappa shape index (κ1) is 33.9. The quantitative estimate of drug-likeness (QED) is 0.0587. The van der Waals surface area contributed by atoms with E-state index < -0.39 is 23.3 Å². The SMILES string of the molecule is C[C@@]1(O)CC[C@]23C[C@H]4[C@@H]1C[C@H](O)[C@@]4(O)C[C@H](NC(=NCCCO)NCCc1ccccc1)C#C[C@@H]2CCC=C3Cc1cc2ccccc2[nH]1. The number of allylic oxidation sites excluding steroid dienone is 2. The Morgan fingerprint density at radius 3 is 2.65 bits per heavy atom. The van der Waals surface area contributed by atoms with E-state index in [4.69, 9.17) is 4.99 Å². The van der Waals surface area contributed by atoms with E-state index >= 15 is 0 Å². The zero-order valence-corrected chi connectivity index (χ0v) is 28.7. The molecule has 2 bridgehead atoms. The fourth-order valence-corrected chi connectivity index (χ4v) is 9.50. The Labute approximate surface area is 290 Å². The lowest BCUT2D eigenvalue weighted by atomic mass is 9.58. The van der Waals surface area contributed by atoms with Gasteiger partial charge in [0.2, 0.25) is 0 Å². The van der Waals surface area contributed by atoms with Crippen molar-refractivity contribution >= 4 is 16.9 Å². The number of nitrogens with zero attached hydrogens (tertiary/aromatic N) is 1. The maximum Gasteiger partial charge on any atom is 0.192 e. The van der Waals surface area contributed by atoms with Crippen LogP contribution in [0.25, 0.3) is 10.9 Å². The van der Waals surface area contributed by atoms with Crippen molar-refractivity contribution < 1.29 is 20.4 Å². The average molecular weight is 665 g/mol. The Hall–Kier alpha value is -3.61. The van der Waals surface area contributed by atoms with Crippen LogP contribution in [-0.2, 0) is 12.8 Å². The van der Waals surface area contributed by atoms with Gasteiger partial charge < -0.3 is 36.0 Å². The molecule has 49 heavy (non-hydrogen) atoms. The van der Waals surface area contributed by atoms with Crippen molar-refractivity contribution in [2.45, 2.75) is 94.5 Å². The first-order valence-electron chi connectivity index (χ1n) is 18.3. The molecule has 0 amide bonds. The smallest absolute Gasteiger partial charge is 0.192 e. The number of nitrogens with one attached hydrogen (secondary N) is 3. The van der Waals surface area contributed by atoms with Gasteiger partial charge in [0.15, 0.2) is 5.96 Å². The summed E-state index contributed by atoms with van der Waals surface area (Å²) >= 11 is 0. The van der Waals surface area contributed by atoms with Crippen LogP contribution in [0.2, 0.25) is 0 Å². The van der Waals surface area contributed by atoms with Crippen LogP contribution in [0.1, 0.15) is 69.5 Å². The molecule has 8 heteroatoms. The van der Waals surface area contributed by atoms with Gasteiger partial charge in [-0.25, -0.2) is 0 Å². The van der Waals surface area contributed by atoms with Gasteiger partial charge in [0.25, 0.3) is 0 Å². The van der Waals surface area contributed by atoms with E-state index in [1.807, 2.05) is 25.1 Å². The molecule has 4 aliphatic rings. The van der Waals surface area contributed by atoms with Crippen molar-refractivity contribution in [2.24, 2.45) is 28.2 Å². The largest absolute Gasteiger partial charge is 0.396 e. The molecule has 2 aromatic carbocycles. The summed E-state index contributed by atoms with van der Waals surface area (Å²) in [5.74, 6) is 7.41. The predicted octanol–water partition coefficient (Wildman–Crippen LogP) is 4.63. The van der Waals surface area contributed by atoms with Gasteiger partial charge in [0.1, 0.15) is 0 Å². The molecule has 1 aromatic heterocycles. The third-order valence-corrected chi connectivity index (χ3v) is 12.2. The molecule has 0 radical (unpaired) electrons. The van der Waals surface area contributed by atoms with Crippen LogP contribution in [0, 0.1) is 35.0 Å². The van der Waals surface area contributed by atoms with Gasteiger partial charge in [0, 0.05) is 55.1 Å². The van der Waals surface area contributed by atoms with Crippen molar-refractivity contribution in [1.29, 1.82) is 0 Å². The molecule has 7 N–H and O–H groups in total. The summed E-state index contributed by atoms with van der Waals surface area (Å²) in [6.07, 6.45) is 8.07. The number of aromatic nitrogens is 1. The van der Waals surface area contributed by atoms with Gasteiger partial charge in [-0.3, -0.25) is 4.99 Å². The van der Waals surface area contributed by atoms with Crippen molar-refractivity contribution in [3.63, 3.8) is 0 Å². The molecule has 2 fully saturated rings. The molecular weight excluding hydrogens is 612 g/mol. The van der Waals surface area contributed by atoms with Crippen LogP contribution >= 0.6 is 0 Å². The minimum Gasteiger partial charge on any atom is -0.396 e. The number of H-pyrrole nitrogens is 1. The van der Waals surface area contributed by atoms with Crippen LogP contribution in [0.15, 0.2) is 77.3 Å². The summed E-state index contributed by atoms with van der Waals surface area (Å²) < 4.78 is 0. The minimum absolute atomic E-state index is 0.0524. The minimum atomic E-state index is -1.43. The summed E-state index contributed by atoms with van der Waals surface area (Å²) in [6.45, 7) is 3.07. The van der Waals surface area contributed by atoms with Gasteiger partial charge in [-0.15, -0.1) is 0 Å². The second kappa shape index (κ2) is 14.0. The van der Waals surface area contributed by atoms with E-state index in [0.29, 0.717) is 44.7 Å². The van der Waals surface area contributed by atoms with Crippen LogP contribution in [-0.4, -0.2) is 74.4 Å². The average Bonchev–Trinajstić information content (AvgIpc) is 3.59. The number of aliphatic hydroxyl groups is 4. The molecule has 7 rings (SSSR count). The lowest BCUT2D eigenvalue weighted by Crippen LogP contribution is -2.53. The number of hydrogen-bond acceptors (Lipinski definition) is 5. The zero-order chi connectivity index (χ0) is 34.1. The molecule has 4 aliphatic carbocycles. The second-order valence-electron chi connectivity index (χ2n) is 15.3. The van der Waals surface area contributed by atoms with Crippen LogP contribution in [0.5, 0.6) is 0 Å². The summed E-state index contributed by atoms with van der Waals surface area (Å²) in [6, 6.07) is 20.4. The van der Waals surface area contributed by atoms with Gasteiger partial charge in [-0.2, -0.15) is 0 Å². The van der Waals surface area contributed by atoms with Gasteiger partial charge in [-0.1, -0.05) is 72.0 Å². The molecule has 3 aromatic rings. The van der Waals surface area contributed by atoms with Gasteiger partial charge >= 0.3 is 0 Å².